The van der Waals surface area contributed by atoms with Crippen LogP contribution >= 0.6 is 23.4 Å². The Balaban J connectivity index is 2.23. The first-order chi connectivity index (χ1) is 7.70. The quantitative estimate of drug-likeness (QED) is 0.902. The average Bonchev–Trinajstić information content (AvgIpc) is 2.65. The molecule has 0 radical (unpaired) electrons. The second-order valence-electron chi connectivity index (χ2n) is 3.10. The highest BCUT2D eigenvalue weighted by Gasteiger charge is 2.06. The second kappa shape index (κ2) is 4.82. The number of aliphatic hydroxyl groups excluding tert-OH is 1. The standard InChI is InChI=1S/C9H9ClN4OS/c1-14-9(11-12-13-14)16-7-3-2-6(5-15)8(10)4-7/h2-4,15H,5H2,1H3. The maximum Gasteiger partial charge on any atom is 0.213 e. The monoisotopic (exact) mass is 256 g/mol. The summed E-state index contributed by atoms with van der Waals surface area (Å²) < 4.78 is 1.58. The molecule has 0 bridgehead atoms. The van der Waals surface area contributed by atoms with Crippen LogP contribution in [0.4, 0.5) is 0 Å². The molecule has 2 aromatic rings. The van der Waals surface area contributed by atoms with E-state index in [4.69, 9.17) is 16.7 Å². The minimum absolute atomic E-state index is 0.0602. The number of nitrogens with zero attached hydrogens (tertiary/aromatic N) is 4. The lowest BCUT2D eigenvalue weighted by molar-refractivity contribution is 0.282. The van der Waals surface area contributed by atoms with Gasteiger partial charge in [0, 0.05) is 17.0 Å². The number of hydrogen-bond acceptors (Lipinski definition) is 5. The molecule has 1 N–H and O–H groups in total. The Morgan fingerprint density at radius 3 is 2.88 bits per heavy atom. The highest BCUT2D eigenvalue weighted by Crippen LogP contribution is 2.28. The Morgan fingerprint density at radius 1 is 1.50 bits per heavy atom. The third-order valence-corrected chi connectivity index (χ3v) is 3.36. The van der Waals surface area contributed by atoms with Gasteiger partial charge < -0.3 is 5.11 Å². The molecule has 1 aromatic heterocycles. The smallest absolute Gasteiger partial charge is 0.213 e. The van der Waals surface area contributed by atoms with Gasteiger partial charge in [0.25, 0.3) is 0 Å². The van der Waals surface area contributed by atoms with Gasteiger partial charge in [-0.15, -0.1) is 5.10 Å². The van der Waals surface area contributed by atoms with Crippen LogP contribution in [0.15, 0.2) is 28.3 Å². The largest absolute Gasteiger partial charge is 0.392 e. The van der Waals surface area contributed by atoms with Gasteiger partial charge in [-0.2, -0.15) is 0 Å². The fourth-order valence-corrected chi connectivity index (χ4v) is 2.21. The highest BCUT2D eigenvalue weighted by atomic mass is 35.5. The molecule has 0 spiro atoms. The molecule has 2 rings (SSSR count). The van der Waals surface area contributed by atoms with Crippen molar-refractivity contribution in [2.75, 3.05) is 0 Å². The predicted molar refractivity (Wildman–Crippen MR) is 60.3 cm³/mol. The maximum atomic E-state index is 8.98. The molecule has 0 unspecified atom stereocenters. The molecule has 0 saturated carbocycles. The summed E-state index contributed by atoms with van der Waals surface area (Å²) >= 11 is 7.39. The molecule has 1 heterocycles. The highest BCUT2D eigenvalue weighted by molar-refractivity contribution is 7.99. The van der Waals surface area contributed by atoms with Crippen molar-refractivity contribution >= 4 is 23.4 Å². The van der Waals surface area contributed by atoms with E-state index in [0.29, 0.717) is 15.7 Å². The summed E-state index contributed by atoms with van der Waals surface area (Å²) in [7, 11) is 1.77. The minimum Gasteiger partial charge on any atom is -0.392 e. The zero-order valence-corrected chi connectivity index (χ0v) is 10.0. The molecule has 0 aliphatic heterocycles. The van der Waals surface area contributed by atoms with Crippen molar-refractivity contribution in [3.8, 4) is 0 Å². The van der Waals surface area contributed by atoms with Gasteiger partial charge in [-0.3, -0.25) is 0 Å². The van der Waals surface area contributed by atoms with E-state index in [1.807, 2.05) is 6.07 Å². The van der Waals surface area contributed by atoms with Gasteiger partial charge in [0.05, 0.1) is 6.61 Å². The Morgan fingerprint density at radius 2 is 2.31 bits per heavy atom. The van der Waals surface area contributed by atoms with Gasteiger partial charge in [-0.05, 0) is 39.9 Å². The number of rotatable bonds is 3. The van der Waals surface area contributed by atoms with Crippen LogP contribution in [0.25, 0.3) is 0 Å². The van der Waals surface area contributed by atoms with Crippen LogP contribution in [0.1, 0.15) is 5.56 Å². The lowest BCUT2D eigenvalue weighted by Crippen LogP contribution is -1.92. The van der Waals surface area contributed by atoms with Crippen molar-refractivity contribution in [1.29, 1.82) is 0 Å². The van der Waals surface area contributed by atoms with Gasteiger partial charge in [-0.25, -0.2) is 4.68 Å². The molecule has 7 heteroatoms. The zero-order valence-electron chi connectivity index (χ0n) is 8.46. The van der Waals surface area contributed by atoms with Crippen LogP contribution in [0.5, 0.6) is 0 Å². The van der Waals surface area contributed by atoms with Crippen molar-refractivity contribution < 1.29 is 5.11 Å². The van der Waals surface area contributed by atoms with E-state index in [-0.39, 0.29) is 6.61 Å². The van der Waals surface area contributed by atoms with E-state index in [9.17, 15) is 0 Å². The molecular formula is C9H9ClN4OS. The van der Waals surface area contributed by atoms with Crippen LogP contribution in [0.2, 0.25) is 5.02 Å². The fourth-order valence-electron chi connectivity index (χ4n) is 1.13. The summed E-state index contributed by atoms with van der Waals surface area (Å²) in [6.07, 6.45) is 0. The van der Waals surface area contributed by atoms with E-state index in [2.05, 4.69) is 15.5 Å². The van der Waals surface area contributed by atoms with Crippen LogP contribution in [-0.2, 0) is 13.7 Å². The topological polar surface area (TPSA) is 63.8 Å². The SMILES string of the molecule is Cn1nnnc1Sc1ccc(CO)c(Cl)c1. The first kappa shape index (κ1) is 11.4. The minimum atomic E-state index is -0.0602. The predicted octanol–water partition coefficient (Wildman–Crippen LogP) is 1.51. The fraction of sp³-hybridized carbons (Fsp3) is 0.222. The number of aryl methyl sites for hydroxylation is 1. The molecule has 5 nitrogen and oxygen atoms in total. The van der Waals surface area contributed by atoms with Crippen molar-refractivity contribution in [2.24, 2.45) is 7.05 Å². The first-order valence-electron chi connectivity index (χ1n) is 4.50. The third-order valence-electron chi connectivity index (χ3n) is 1.99. The van der Waals surface area contributed by atoms with Crippen molar-refractivity contribution in [1.82, 2.24) is 20.2 Å². The number of aromatic nitrogens is 4. The van der Waals surface area contributed by atoms with Gasteiger partial charge in [-0.1, -0.05) is 17.7 Å². The van der Waals surface area contributed by atoms with Crippen LogP contribution in [0.3, 0.4) is 0 Å². The van der Waals surface area contributed by atoms with Crippen LogP contribution in [0, 0.1) is 0 Å². The van der Waals surface area contributed by atoms with Gasteiger partial charge in [0.15, 0.2) is 0 Å². The van der Waals surface area contributed by atoms with E-state index >= 15 is 0 Å². The van der Waals surface area contributed by atoms with Crippen LogP contribution in [-0.4, -0.2) is 25.3 Å². The van der Waals surface area contributed by atoms with Crippen molar-refractivity contribution in [3.63, 3.8) is 0 Å². The van der Waals surface area contributed by atoms with E-state index in [0.717, 1.165) is 4.90 Å². The van der Waals surface area contributed by atoms with Crippen molar-refractivity contribution in [2.45, 2.75) is 16.7 Å². The molecular weight excluding hydrogens is 248 g/mol. The molecule has 0 amide bonds. The molecule has 0 aliphatic carbocycles. The maximum absolute atomic E-state index is 8.98. The molecule has 0 atom stereocenters. The number of benzene rings is 1. The van der Waals surface area contributed by atoms with E-state index in [1.54, 1.807) is 23.9 Å². The Hall–Kier alpha value is -1.11. The average molecular weight is 257 g/mol. The lowest BCUT2D eigenvalue weighted by Gasteiger charge is -2.03. The van der Waals surface area contributed by atoms with E-state index < -0.39 is 0 Å². The molecule has 84 valence electrons. The summed E-state index contributed by atoms with van der Waals surface area (Å²) in [5.41, 5.74) is 0.710. The van der Waals surface area contributed by atoms with Crippen molar-refractivity contribution in [3.05, 3.63) is 28.8 Å². The summed E-state index contributed by atoms with van der Waals surface area (Å²) in [5.74, 6) is 0. The Bertz CT molecular complexity index is 502. The summed E-state index contributed by atoms with van der Waals surface area (Å²) in [6.45, 7) is -0.0602. The summed E-state index contributed by atoms with van der Waals surface area (Å²) in [6, 6.07) is 5.44. The molecule has 1 aromatic carbocycles. The second-order valence-corrected chi connectivity index (χ2v) is 4.55. The van der Waals surface area contributed by atoms with Gasteiger partial charge in [0.2, 0.25) is 5.16 Å². The number of hydrogen-bond donors (Lipinski definition) is 1. The number of tetrazole rings is 1. The van der Waals surface area contributed by atoms with Crippen LogP contribution < -0.4 is 0 Å². The molecule has 0 fully saturated rings. The van der Waals surface area contributed by atoms with Gasteiger partial charge in [0.1, 0.15) is 0 Å². The lowest BCUT2D eigenvalue weighted by atomic mass is 10.2. The normalized spacial score (nSPS) is 10.7. The van der Waals surface area contributed by atoms with E-state index in [1.165, 1.54) is 11.8 Å². The zero-order chi connectivity index (χ0) is 11.5. The summed E-state index contributed by atoms with van der Waals surface area (Å²) in [5, 5.41) is 21.3. The Labute approximate surface area is 101 Å². The molecule has 0 aliphatic rings. The number of aliphatic hydroxyl groups is 1. The first-order valence-corrected chi connectivity index (χ1v) is 5.69. The molecule has 16 heavy (non-hydrogen) atoms. The number of halogens is 1. The Kier molecular flexibility index (Phi) is 3.42. The van der Waals surface area contributed by atoms with Gasteiger partial charge >= 0.3 is 0 Å². The molecule has 0 saturated heterocycles. The third kappa shape index (κ3) is 2.34. The summed E-state index contributed by atoms with van der Waals surface area (Å²) in [4.78, 5) is 0.931.